The summed E-state index contributed by atoms with van der Waals surface area (Å²) in [7, 11) is -2.11. The van der Waals surface area contributed by atoms with Crippen molar-refractivity contribution < 1.29 is 18.4 Å². The summed E-state index contributed by atoms with van der Waals surface area (Å²) < 4.78 is 16.6. The van der Waals surface area contributed by atoms with E-state index in [2.05, 4.69) is 4.98 Å². The standard InChI is InChI=1S/C14H23NO4Si/c1-4-18-20(3,19-5-2)12-8-11-17-14(16)13-9-6-7-10-15-13/h6-7,9-10H,4-5,8,11-12H2,1-3H3. The van der Waals surface area contributed by atoms with Gasteiger partial charge in [0.25, 0.3) is 0 Å². The summed E-state index contributed by atoms with van der Waals surface area (Å²) in [5, 5.41) is 0. The number of carbonyl (C=O) groups is 1. The smallest absolute Gasteiger partial charge is 0.356 e. The Hall–Kier alpha value is -1.24. The number of pyridine rings is 1. The first-order valence-corrected chi connectivity index (χ1v) is 9.49. The minimum Gasteiger partial charge on any atom is -0.461 e. The zero-order valence-corrected chi connectivity index (χ0v) is 13.4. The van der Waals surface area contributed by atoms with Crippen LogP contribution in [0.15, 0.2) is 24.4 Å². The van der Waals surface area contributed by atoms with Crippen LogP contribution < -0.4 is 0 Å². The summed E-state index contributed by atoms with van der Waals surface area (Å²) in [6.45, 7) is 7.63. The SMILES string of the molecule is CCO[Si](C)(CCCOC(=O)c1ccccn1)OCC. The highest BCUT2D eigenvalue weighted by molar-refractivity contribution is 6.66. The highest BCUT2D eigenvalue weighted by Gasteiger charge is 2.30. The largest absolute Gasteiger partial charge is 0.461 e. The molecule has 0 amide bonds. The number of rotatable bonds is 9. The molecule has 1 heterocycles. The van der Waals surface area contributed by atoms with Crippen LogP contribution in [0.2, 0.25) is 12.6 Å². The Morgan fingerprint density at radius 3 is 2.50 bits per heavy atom. The molecule has 6 heteroatoms. The molecule has 0 N–H and O–H groups in total. The monoisotopic (exact) mass is 297 g/mol. The average molecular weight is 297 g/mol. The van der Waals surface area contributed by atoms with E-state index in [0.29, 0.717) is 25.5 Å². The Balaban J connectivity index is 2.31. The Morgan fingerprint density at radius 2 is 1.95 bits per heavy atom. The molecule has 0 aliphatic carbocycles. The Bertz CT molecular complexity index is 393. The second kappa shape index (κ2) is 8.83. The van der Waals surface area contributed by atoms with Crippen LogP contribution in [0, 0.1) is 0 Å². The van der Waals surface area contributed by atoms with Gasteiger partial charge in [0, 0.05) is 19.4 Å². The number of ether oxygens (including phenoxy) is 1. The van der Waals surface area contributed by atoms with E-state index in [9.17, 15) is 4.79 Å². The molecule has 0 atom stereocenters. The lowest BCUT2D eigenvalue weighted by Gasteiger charge is -2.25. The maximum atomic E-state index is 11.7. The van der Waals surface area contributed by atoms with E-state index in [1.54, 1.807) is 24.4 Å². The highest BCUT2D eigenvalue weighted by Crippen LogP contribution is 2.16. The molecule has 0 aliphatic heterocycles. The zero-order valence-electron chi connectivity index (χ0n) is 12.4. The lowest BCUT2D eigenvalue weighted by Crippen LogP contribution is -2.38. The quantitative estimate of drug-likeness (QED) is 0.398. The fourth-order valence-electron chi connectivity index (χ4n) is 1.91. The van der Waals surface area contributed by atoms with Crippen LogP contribution in [0.25, 0.3) is 0 Å². The maximum absolute atomic E-state index is 11.7. The van der Waals surface area contributed by atoms with Gasteiger partial charge in [-0.25, -0.2) is 9.78 Å². The average Bonchev–Trinajstić information content (AvgIpc) is 2.45. The van der Waals surface area contributed by atoms with Crippen molar-refractivity contribution in [1.82, 2.24) is 4.98 Å². The molecule has 0 unspecified atom stereocenters. The molecular weight excluding hydrogens is 274 g/mol. The van der Waals surface area contributed by atoms with Crippen LogP contribution in [0.4, 0.5) is 0 Å². The fraction of sp³-hybridized carbons (Fsp3) is 0.571. The highest BCUT2D eigenvalue weighted by atomic mass is 28.4. The molecule has 0 aromatic carbocycles. The van der Waals surface area contributed by atoms with E-state index < -0.39 is 8.56 Å². The molecule has 5 nitrogen and oxygen atoms in total. The first-order valence-electron chi connectivity index (χ1n) is 6.97. The van der Waals surface area contributed by atoms with Gasteiger partial charge in [-0.3, -0.25) is 0 Å². The van der Waals surface area contributed by atoms with Gasteiger partial charge < -0.3 is 13.6 Å². The minimum atomic E-state index is -2.11. The molecule has 1 rings (SSSR count). The minimum absolute atomic E-state index is 0.335. The van der Waals surface area contributed by atoms with Crippen LogP contribution in [0.5, 0.6) is 0 Å². The van der Waals surface area contributed by atoms with Gasteiger partial charge >= 0.3 is 14.5 Å². The number of hydrogen-bond acceptors (Lipinski definition) is 5. The van der Waals surface area contributed by atoms with E-state index in [4.69, 9.17) is 13.6 Å². The molecule has 1 aromatic rings. The number of carbonyl (C=O) groups excluding carboxylic acids is 1. The lowest BCUT2D eigenvalue weighted by atomic mass is 10.3. The third kappa shape index (κ3) is 5.81. The molecule has 0 bridgehead atoms. The zero-order chi connectivity index (χ0) is 14.8. The van der Waals surface area contributed by atoms with Crippen molar-refractivity contribution in [2.45, 2.75) is 32.9 Å². The van der Waals surface area contributed by atoms with Crippen LogP contribution in [-0.2, 0) is 13.6 Å². The van der Waals surface area contributed by atoms with Gasteiger partial charge in [0.15, 0.2) is 0 Å². The Labute approximate surface area is 121 Å². The van der Waals surface area contributed by atoms with Crippen LogP contribution in [0.3, 0.4) is 0 Å². The van der Waals surface area contributed by atoms with Crippen LogP contribution in [0.1, 0.15) is 30.8 Å². The van der Waals surface area contributed by atoms with Gasteiger partial charge in [-0.05, 0) is 45.0 Å². The molecule has 0 radical (unpaired) electrons. The van der Waals surface area contributed by atoms with Gasteiger partial charge in [-0.1, -0.05) is 6.07 Å². The normalized spacial score (nSPS) is 11.3. The molecule has 0 aliphatic rings. The van der Waals surface area contributed by atoms with Crippen molar-refractivity contribution in [3.8, 4) is 0 Å². The number of aromatic nitrogens is 1. The Kier molecular flexibility index (Phi) is 7.43. The predicted molar refractivity (Wildman–Crippen MR) is 78.8 cm³/mol. The van der Waals surface area contributed by atoms with E-state index in [0.717, 1.165) is 12.5 Å². The fourth-order valence-corrected chi connectivity index (χ4v) is 4.29. The van der Waals surface area contributed by atoms with Crippen molar-refractivity contribution in [3.63, 3.8) is 0 Å². The Morgan fingerprint density at radius 1 is 1.25 bits per heavy atom. The molecular formula is C14H23NO4Si. The van der Waals surface area contributed by atoms with E-state index in [1.165, 1.54) is 0 Å². The summed E-state index contributed by atoms with van der Waals surface area (Å²) in [4.78, 5) is 15.6. The predicted octanol–water partition coefficient (Wildman–Crippen LogP) is 2.77. The molecule has 1 aromatic heterocycles. The van der Waals surface area contributed by atoms with Crippen LogP contribution in [-0.4, -0.2) is 39.3 Å². The molecule has 0 fully saturated rings. The summed E-state index contributed by atoms with van der Waals surface area (Å²) in [6.07, 6.45) is 2.31. The van der Waals surface area contributed by atoms with E-state index in [1.807, 2.05) is 20.4 Å². The van der Waals surface area contributed by atoms with Gasteiger partial charge in [-0.15, -0.1) is 0 Å². The molecule has 0 saturated carbocycles. The molecule has 112 valence electrons. The second-order valence-electron chi connectivity index (χ2n) is 4.45. The van der Waals surface area contributed by atoms with Crippen LogP contribution >= 0.6 is 0 Å². The first-order chi connectivity index (χ1) is 9.61. The van der Waals surface area contributed by atoms with Gasteiger partial charge in [0.1, 0.15) is 5.69 Å². The van der Waals surface area contributed by atoms with Crippen molar-refractivity contribution in [3.05, 3.63) is 30.1 Å². The van der Waals surface area contributed by atoms with Crippen molar-refractivity contribution >= 4 is 14.5 Å². The van der Waals surface area contributed by atoms with Crippen molar-refractivity contribution in [1.29, 1.82) is 0 Å². The van der Waals surface area contributed by atoms with E-state index in [-0.39, 0.29) is 5.97 Å². The van der Waals surface area contributed by atoms with Gasteiger partial charge in [0.2, 0.25) is 0 Å². The van der Waals surface area contributed by atoms with E-state index >= 15 is 0 Å². The summed E-state index contributed by atoms with van der Waals surface area (Å²) in [5.74, 6) is -0.387. The number of nitrogens with zero attached hydrogens (tertiary/aromatic N) is 1. The molecule has 0 spiro atoms. The molecule has 0 saturated heterocycles. The molecule has 20 heavy (non-hydrogen) atoms. The number of hydrogen-bond donors (Lipinski definition) is 0. The lowest BCUT2D eigenvalue weighted by molar-refractivity contribution is 0.0493. The van der Waals surface area contributed by atoms with Gasteiger partial charge in [0.05, 0.1) is 6.61 Å². The maximum Gasteiger partial charge on any atom is 0.356 e. The summed E-state index contributed by atoms with van der Waals surface area (Å²) in [6, 6.07) is 5.97. The second-order valence-corrected chi connectivity index (χ2v) is 7.80. The third-order valence-corrected chi connectivity index (χ3v) is 5.84. The number of esters is 1. The van der Waals surface area contributed by atoms with Gasteiger partial charge in [-0.2, -0.15) is 0 Å². The topological polar surface area (TPSA) is 57.7 Å². The summed E-state index contributed by atoms with van der Waals surface area (Å²) in [5.41, 5.74) is 0.335. The summed E-state index contributed by atoms with van der Waals surface area (Å²) >= 11 is 0. The third-order valence-electron chi connectivity index (χ3n) is 2.78. The first kappa shape index (κ1) is 16.8. The van der Waals surface area contributed by atoms with Crippen molar-refractivity contribution in [2.24, 2.45) is 0 Å². The van der Waals surface area contributed by atoms with Crippen molar-refractivity contribution in [2.75, 3.05) is 19.8 Å².